The Morgan fingerprint density at radius 2 is 1.96 bits per heavy atom. The lowest BCUT2D eigenvalue weighted by Crippen LogP contribution is -2.28. The molecule has 120 valence electrons. The van der Waals surface area contributed by atoms with E-state index in [1.54, 1.807) is 4.57 Å². The van der Waals surface area contributed by atoms with E-state index in [-0.39, 0.29) is 5.69 Å². The van der Waals surface area contributed by atoms with Crippen LogP contribution in [0, 0.1) is 5.92 Å². The molecule has 3 aromatic rings. The van der Waals surface area contributed by atoms with Crippen LogP contribution >= 0.6 is 15.9 Å². The number of aryl methyl sites for hydroxylation is 1. The molecule has 1 aliphatic carbocycles. The van der Waals surface area contributed by atoms with Gasteiger partial charge in [-0.25, -0.2) is 4.79 Å². The zero-order valence-electron chi connectivity index (χ0n) is 13.4. The first-order valence-electron chi connectivity index (χ1n) is 8.21. The monoisotopic (exact) mass is 373 g/mol. The quantitative estimate of drug-likeness (QED) is 0.633. The van der Waals surface area contributed by atoms with Gasteiger partial charge < -0.3 is 0 Å². The molecule has 0 bridgehead atoms. The number of hydrogen-bond acceptors (Lipinski definition) is 2. The molecular formula is C18H20BrN3O. The van der Waals surface area contributed by atoms with Gasteiger partial charge in [0.15, 0.2) is 0 Å². The fraction of sp³-hybridized carbons (Fsp3) is 0.444. The summed E-state index contributed by atoms with van der Waals surface area (Å²) in [5, 5.41) is 1.05. The van der Waals surface area contributed by atoms with Crippen molar-refractivity contribution in [1.82, 2.24) is 14.1 Å². The standard InChI is InChI=1S/C18H20BrN3O/c1-11-3-6-13(7-4-11)22-17-14-9-12(19)5-8-15(14)20-10-16(17)21(2)18(22)23/h5,8-11,13H,3-4,6-7H2,1-2H3/t11-,13+. The molecule has 0 saturated heterocycles. The summed E-state index contributed by atoms with van der Waals surface area (Å²) in [5.41, 5.74) is 2.96. The van der Waals surface area contributed by atoms with Gasteiger partial charge in [-0.05, 0) is 49.8 Å². The zero-order chi connectivity index (χ0) is 16.1. The highest BCUT2D eigenvalue weighted by Gasteiger charge is 2.25. The Hall–Kier alpha value is -1.62. The molecule has 1 fully saturated rings. The topological polar surface area (TPSA) is 39.8 Å². The number of rotatable bonds is 1. The van der Waals surface area contributed by atoms with E-state index < -0.39 is 0 Å². The third kappa shape index (κ3) is 2.33. The van der Waals surface area contributed by atoms with Gasteiger partial charge in [0.05, 0.1) is 22.7 Å². The molecule has 1 aromatic carbocycles. The van der Waals surface area contributed by atoms with E-state index in [4.69, 9.17) is 0 Å². The van der Waals surface area contributed by atoms with Crippen LogP contribution in [0.2, 0.25) is 0 Å². The maximum atomic E-state index is 12.9. The minimum Gasteiger partial charge on any atom is -0.293 e. The normalized spacial score (nSPS) is 22.0. The molecule has 0 aliphatic heterocycles. The second-order valence-corrected chi connectivity index (χ2v) is 7.69. The van der Waals surface area contributed by atoms with Crippen LogP contribution in [0.25, 0.3) is 21.9 Å². The molecule has 4 rings (SSSR count). The van der Waals surface area contributed by atoms with Crippen molar-refractivity contribution in [3.63, 3.8) is 0 Å². The highest BCUT2D eigenvalue weighted by Crippen LogP contribution is 2.35. The number of hydrogen-bond donors (Lipinski definition) is 0. The largest absolute Gasteiger partial charge is 0.329 e. The molecule has 4 nitrogen and oxygen atoms in total. The summed E-state index contributed by atoms with van der Waals surface area (Å²) in [7, 11) is 1.85. The summed E-state index contributed by atoms with van der Waals surface area (Å²) in [5.74, 6) is 0.768. The van der Waals surface area contributed by atoms with Crippen LogP contribution in [0.15, 0.2) is 33.7 Å². The van der Waals surface area contributed by atoms with Crippen molar-refractivity contribution in [2.45, 2.75) is 38.6 Å². The number of halogens is 1. The van der Waals surface area contributed by atoms with Crippen LogP contribution in [0.5, 0.6) is 0 Å². The van der Waals surface area contributed by atoms with E-state index in [2.05, 4.69) is 33.9 Å². The fourth-order valence-electron chi connectivity index (χ4n) is 3.84. The highest BCUT2D eigenvalue weighted by molar-refractivity contribution is 9.10. The van der Waals surface area contributed by atoms with Gasteiger partial charge in [-0.1, -0.05) is 22.9 Å². The lowest BCUT2D eigenvalue weighted by atomic mass is 9.87. The van der Waals surface area contributed by atoms with Gasteiger partial charge in [0.2, 0.25) is 0 Å². The lowest BCUT2D eigenvalue weighted by molar-refractivity contribution is 0.289. The van der Waals surface area contributed by atoms with E-state index in [1.165, 1.54) is 12.8 Å². The maximum Gasteiger partial charge on any atom is 0.329 e. The molecule has 1 aliphatic rings. The van der Waals surface area contributed by atoms with E-state index in [1.807, 2.05) is 29.9 Å². The van der Waals surface area contributed by atoms with Crippen molar-refractivity contribution in [2.75, 3.05) is 0 Å². The molecule has 5 heteroatoms. The fourth-order valence-corrected chi connectivity index (χ4v) is 4.20. The molecule has 23 heavy (non-hydrogen) atoms. The SMILES string of the molecule is Cn1c(=O)n([C@H]2CC[C@@H](C)CC2)c2c3cc(Br)ccc3ncc21. The molecule has 0 radical (unpaired) electrons. The number of fused-ring (bicyclic) bond motifs is 3. The Morgan fingerprint density at radius 3 is 2.70 bits per heavy atom. The van der Waals surface area contributed by atoms with E-state index in [0.29, 0.717) is 6.04 Å². The number of aromatic nitrogens is 3. The van der Waals surface area contributed by atoms with E-state index >= 15 is 0 Å². The molecule has 2 aromatic heterocycles. The van der Waals surface area contributed by atoms with Gasteiger partial charge in [0, 0.05) is 22.9 Å². The summed E-state index contributed by atoms with van der Waals surface area (Å²) in [6, 6.07) is 6.37. The highest BCUT2D eigenvalue weighted by atomic mass is 79.9. The number of imidazole rings is 1. The minimum absolute atomic E-state index is 0.0776. The van der Waals surface area contributed by atoms with Crippen molar-refractivity contribution < 1.29 is 0 Å². The Balaban J connectivity index is 2.04. The zero-order valence-corrected chi connectivity index (χ0v) is 15.0. The predicted molar refractivity (Wildman–Crippen MR) is 96.8 cm³/mol. The van der Waals surface area contributed by atoms with Crippen molar-refractivity contribution in [3.05, 3.63) is 39.4 Å². The Bertz CT molecular complexity index is 948. The molecule has 0 spiro atoms. The first-order chi connectivity index (χ1) is 11.1. The average Bonchev–Trinajstić information content (AvgIpc) is 2.80. The summed E-state index contributed by atoms with van der Waals surface area (Å²) < 4.78 is 4.78. The number of nitrogens with zero attached hydrogens (tertiary/aromatic N) is 3. The van der Waals surface area contributed by atoms with Crippen LogP contribution in [-0.4, -0.2) is 14.1 Å². The first kappa shape index (κ1) is 14.9. The molecule has 0 atom stereocenters. The van der Waals surface area contributed by atoms with Crippen LogP contribution in [0.4, 0.5) is 0 Å². The summed E-state index contributed by atoms with van der Waals surface area (Å²) in [6.45, 7) is 2.30. The average molecular weight is 374 g/mol. The van der Waals surface area contributed by atoms with Crippen LogP contribution in [0.1, 0.15) is 38.6 Å². The van der Waals surface area contributed by atoms with Gasteiger partial charge in [0.1, 0.15) is 0 Å². The molecular weight excluding hydrogens is 354 g/mol. The predicted octanol–water partition coefficient (Wildman–Crippen LogP) is 4.40. The van der Waals surface area contributed by atoms with Gasteiger partial charge in [-0.2, -0.15) is 0 Å². The summed E-state index contributed by atoms with van der Waals surface area (Å²) in [6.07, 6.45) is 6.38. The minimum atomic E-state index is 0.0776. The number of pyridine rings is 1. The third-order valence-corrected chi connectivity index (χ3v) is 5.72. The summed E-state index contributed by atoms with van der Waals surface area (Å²) >= 11 is 3.55. The first-order valence-corrected chi connectivity index (χ1v) is 9.00. The van der Waals surface area contributed by atoms with Crippen LogP contribution < -0.4 is 5.69 Å². The smallest absolute Gasteiger partial charge is 0.293 e. The maximum absolute atomic E-state index is 12.9. The van der Waals surface area contributed by atoms with E-state index in [0.717, 1.165) is 45.2 Å². The van der Waals surface area contributed by atoms with Gasteiger partial charge in [0.25, 0.3) is 0 Å². The molecule has 0 amide bonds. The second kappa shape index (κ2) is 5.48. The van der Waals surface area contributed by atoms with Crippen LogP contribution in [-0.2, 0) is 7.05 Å². The van der Waals surface area contributed by atoms with Crippen molar-refractivity contribution in [3.8, 4) is 0 Å². The third-order valence-electron chi connectivity index (χ3n) is 5.23. The van der Waals surface area contributed by atoms with Crippen LogP contribution in [0.3, 0.4) is 0 Å². The lowest BCUT2D eigenvalue weighted by Gasteiger charge is -2.27. The van der Waals surface area contributed by atoms with Crippen molar-refractivity contribution in [1.29, 1.82) is 0 Å². The molecule has 2 heterocycles. The molecule has 1 saturated carbocycles. The van der Waals surface area contributed by atoms with Gasteiger partial charge >= 0.3 is 5.69 Å². The second-order valence-electron chi connectivity index (χ2n) is 6.78. The summed E-state index contributed by atoms with van der Waals surface area (Å²) in [4.78, 5) is 17.4. The Labute approximate surface area is 143 Å². The number of benzene rings is 1. The Kier molecular flexibility index (Phi) is 3.56. The molecule has 0 unspecified atom stereocenters. The van der Waals surface area contributed by atoms with E-state index in [9.17, 15) is 4.79 Å². The molecule has 0 N–H and O–H groups in total. The van der Waals surface area contributed by atoms with Crippen molar-refractivity contribution >= 4 is 37.9 Å². The van der Waals surface area contributed by atoms with Gasteiger partial charge in [-0.15, -0.1) is 0 Å². The van der Waals surface area contributed by atoms with Gasteiger partial charge in [-0.3, -0.25) is 14.1 Å². The van der Waals surface area contributed by atoms with Crippen molar-refractivity contribution in [2.24, 2.45) is 13.0 Å². The Morgan fingerprint density at radius 1 is 1.22 bits per heavy atom.